The van der Waals surface area contributed by atoms with Gasteiger partial charge >= 0.3 is 11.9 Å². The molecule has 1 aromatic rings. The minimum absolute atomic E-state index is 0.257. The van der Waals surface area contributed by atoms with Gasteiger partial charge in [-0.25, -0.2) is 9.59 Å². The Morgan fingerprint density at radius 1 is 1.53 bits per heavy atom. The highest BCUT2D eigenvalue weighted by Gasteiger charge is 2.33. The number of methoxy groups -OCH3 is 1. The van der Waals surface area contributed by atoms with Gasteiger partial charge in [0.05, 0.1) is 12.7 Å². The molecule has 1 aromatic carbocycles. The molecule has 0 N–H and O–H groups in total. The monoisotopic (exact) mass is 254 g/mol. The standard InChI is InChI=1S/C12H11ClO4/c1-6-3-8-7(9(13)4-6)5-10(12(15)16-2)17-11(8)14/h3-4,10H,5H2,1-2H3. The first-order chi connectivity index (χ1) is 8.02. The second kappa shape index (κ2) is 4.37. The first-order valence-electron chi connectivity index (χ1n) is 5.10. The molecule has 1 atom stereocenters. The van der Waals surface area contributed by atoms with Gasteiger partial charge in [-0.1, -0.05) is 11.6 Å². The Morgan fingerprint density at radius 2 is 2.24 bits per heavy atom. The SMILES string of the molecule is COC(=O)C1Cc2c(Cl)cc(C)cc2C(=O)O1. The number of ether oxygens (including phenoxy) is 2. The van der Waals surface area contributed by atoms with Crippen molar-refractivity contribution in [2.75, 3.05) is 7.11 Å². The number of halogens is 1. The molecule has 0 spiro atoms. The molecule has 0 aromatic heterocycles. The maximum absolute atomic E-state index is 11.7. The van der Waals surface area contributed by atoms with E-state index in [9.17, 15) is 9.59 Å². The first-order valence-corrected chi connectivity index (χ1v) is 5.48. The van der Waals surface area contributed by atoms with Crippen molar-refractivity contribution in [3.63, 3.8) is 0 Å². The molecule has 0 radical (unpaired) electrons. The van der Waals surface area contributed by atoms with Crippen molar-refractivity contribution in [3.8, 4) is 0 Å². The van der Waals surface area contributed by atoms with Crippen molar-refractivity contribution < 1.29 is 19.1 Å². The quantitative estimate of drug-likeness (QED) is 0.719. The second-order valence-corrected chi connectivity index (χ2v) is 4.30. The number of hydrogen-bond acceptors (Lipinski definition) is 4. The van der Waals surface area contributed by atoms with E-state index in [2.05, 4.69) is 4.74 Å². The summed E-state index contributed by atoms with van der Waals surface area (Å²) >= 11 is 6.07. The Labute approximate surface area is 103 Å². The Bertz CT molecular complexity index is 496. The van der Waals surface area contributed by atoms with E-state index >= 15 is 0 Å². The number of carbonyl (C=O) groups is 2. The van der Waals surface area contributed by atoms with E-state index in [1.54, 1.807) is 12.1 Å². The molecule has 17 heavy (non-hydrogen) atoms. The van der Waals surface area contributed by atoms with Gasteiger partial charge in [0.15, 0.2) is 0 Å². The molecule has 0 fully saturated rings. The van der Waals surface area contributed by atoms with Crippen LogP contribution in [0, 0.1) is 6.92 Å². The molecule has 0 aliphatic carbocycles. The van der Waals surface area contributed by atoms with Gasteiger partial charge in [0, 0.05) is 11.4 Å². The Hall–Kier alpha value is -1.55. The van der Waals surface area contributed by atoms with E-state index in [0.717, 1.165) is 5.56 Å². The molecule has 0 bridgehead atoms. The van der Waals surface area contributed by atoms with Crippen LogP contribution < -0.4 is 0 Å². The average molecular weight is 255 g/mol. The fraction of sp³-hybridized carbons (Fsp3) is 0.333. The largest absolute Gasteiger partial charge is 0.466 e. The van der Waals surface area contributed by atoms with Gasteiger partial charge in [-0.15, -0.1) is 0 Å². The molecule has 0 amide bonds. The highest BCUT2D eigenvalue weighted by atomic mass is 35.5. The molecule has 4 nitrogen and oxygen atoms in total. The summed E-state index contributed by atoms with van der Waals surface area (Å²) in [6.07, 6.45) is -0.646. The lowest BCUT2D eigenvalue weighted by molar-refractivity contribution is -0.151. The van der Waals surface area contributed by atoms with Crippen LogP contribution in [0.5, 0.6) is 0 Å². The van der Waals surface area contributed by atoms with Crippen LogP contribution in [0.1, 0.15) is 21.5 Å². The predicted molar refractivity (Wildman–Crippen MR) is 61.1 cm³/mol. The number of benzene rings is 1. The van der Waals surface area contributed by atoms with Gasteiger partial charge in [-0.2, -0.15) is 0 Å². The third kappa shape index (κ3) is 2.13. The normalized spacial score (nSPS) is 18.3. The van der Waals surface area contributed by atoms with Crippen molar-refractivity contribution in [1.29, 1.82) is 0 Å². The topological polar surface area (TPSA) is 52.6 Å². The summed E-state index contributed by atoms with van der Waals surface area (Å²) in [5.74, 6) is -1.10. The Balaban J connectivity index is 2.43. The molecular formula is C12H11ClO4. The van der Waals surface area contributed by atoms with Crippen molar-refractivity contribution in [2.24, 2.45) is 0 Å². The highest BCUT2D eigenvalue weighted by Crippen LogP contribution is 2.29. The van der Waals surface area contributed by atoms with Crippen LogP contribution in [0.3, 0.4) is 0 Å². The maximum atomic E-state index is 11.7. The van der Waals surface area contributed by atoms with Crippen LogP contribution in [0.15, 0.2) is 12.1 Å². The van der Waals surface area contributed by atoms with E-state index in [1.165, 1.54) is 7.11 Å². The molecule has 0 saturated carbocycles. The number of fused-ring (bicyclic) bond motifs is 1. The third-order valence-electron chi connectivity index (χ3n) is 2.66. The van der Waals surface area contributed by atoms with E-state index in [0.29, 0.717) is 16.1 Å². The molecule has 5 heteroatoms. The zero-order valence-electron chi connectivity index (χ0n) is 9.45. The zero-order valence-corrected chi connectivity index (χ0v) is 10.2. The summed E-state index contributed by atoms with van der Waals surface area (Å²) in [5.41, 5.74) is 1.95. The second-order valence-electron chi connectivity index (χ2n) is 3.89. The number of rotatable bonds is 1. The molecule has 1 aliphatic heterocycles. The van der Waals surface area contributed by atoms with Gasteiger partial charge in [-0.05, 0) is 30.2 Å². The summed E-state index contributed by atoms with van der Waals surface area (Å²) < 4.78 is 9.56. The van der Waals surface area contributed by atoms with Crippen LogP contribution in [0.2, 0.25) is 5.02 Å². The summed E-state index contributed by atoms with van der Waals surface area (Å²) in [6.45, 7) is 1.84. The smallest absolute Gasteiger partial charge is 0.347 e. The van der Waals surface area contributed by atoms with Gasteiger partial charge in [0.2, 0.25) is 6.10 Å². The lowest BCUT2D eigenvalue weighted by Crippen LogP contribution is -2.35. The molecular weight excluding hydrogens is 244 g/mol. The van der Waals surface area contributed by atoms with Crippen molar-refractivity contribution in [2.45, 2.75) is 19.4 Å². The molecule has 1 heterocycles. The fourth-order valence-electron chi connectivity index (χ4n) is 1.84. The van der Waals surface area contributed by atoms with E-state index in [1.807, 2.05) is 6.92 Å². The van der Waals surface area contributed by atoms with Crippen LogP contribution in [0.4, 0.5) is 0 Å². The van der Waals surface area contributed by atoms with E-state index in [-0.39, 0.29) is 6.42 Å². The third-order valence-corrected chi connectivity index (χ3v) is 3.00. The lowest BCUT2D eigenvalue weighted by atomic mass is 9.96. The van der Waals surface area contributed by atoms with Crippen molar-refractivity contribution in [3.05, 3.63) is 33.8 Å². The van der Waals surface area contributed by atoms with Crippen LogP contribution in [0.25, 0.3) is 0 Å². The number of aryl methyl sites for hydroxylation is 1. The van der Waals surface area contributed by atoms with E-state index < -0.39 is 18.0 Å². The zero-order chi connectivity index (χ0) is 12.6. The first kappa shape index (κ1) is 11.9. The van der Waals surface area contributed by atoms with Crippen LogP contribution >= 0.6 is 11.6 Å². The van der Waals surface area contributed by atoms with Crippen LogP contribution in [-0.4, -0.2) is 25.2 Å². The average Bonchev–Trinajstić information content (AvgIpc) is 2.29. The fourth-order valence-corrected chi connectivity index (χ4v) is 2.20. The highest BCUT2D eigenvalue weighted by molar-refractivity contribution is 6.32. The van der Waals surface area contributed by atoms with Gasteiger partial charge < -0.3 is 9.47 Å². The predicted octanol–water partition coefficient (Wildman–Crippen LogP) is 1.90. The van der Waals surface area contributed by atoms with Gasteiger partial charge in [0.25, 0.3) is 0 Å². The maximum Gasteiger partial charge on any atom is 0.347 e. The minimum atomic E-state index is -0.903. The summed E-state index contributed by atoms with van der Waals surface area (Å²) in [4.78, 5) is 23.1. The number of cyclic esters (lactones) is 1. The summed E-state index contributed by atoms with van der Waals surface area (Å²) in [5, 5.41) is 0.477. The summed E-state index contributed by atoms with van der Waals surface area (Å²) in [7, 11) is 1.25. The van der Waals surface area contributed by atoms with Crippen molar-refractivity contribution >= 4 is 23.5 Å². The molecule has 0 saturated heterocycles. The molecule has 1 unspecified atom stereocenters. The number of carbonyl (C=O) groups excluding carboxylic acids is 2. The van der Waals surface area contributed by atoms with Crippen molar-refractivity contribution in [1.82, 2.24) is 0 Å². The lowest BCUT2D eigenvalue weighted by Gasteiger charge is -2.23. The Morgan fingerprint density at radius 3 is 2.88 bits per heavy atom. The van der Waals surface area contributed by atoms with Gasteiger partial charge in [0.1, 0.15) is 0 Å². The molecule has 90 valence electrons. The van der Waals surface area contributed by atoms with Gasteiger partial charge in [-0.3, -0.25) is 0 Å². The van der Waals surface area contributed by atoms with E-state index in [4.69, 9.17) is 16.3 Å². The minimum Gasteiger partial charge on any atom is -0.466 e. The molecule has 2 rings (SSSR count). The molecule has 1 aliphatic rings. The Kier molecular flexibility index (Phi) is 3.07. The summed E-state index contributed by atoms with van der Waals surface area (Å²) in [6, 6.07) is 3.46. The number of hydrogen-bond donors (Lipinski definition) is 0. The van der Waals surface area contributed by atoms with Crippen LogP contribution in [-0.2, 0) is 20.7 Å². The number of esters is 2.